The normalized spacial score (nSPS) is 12.4. The van der Waals surface area contributed by atoms with Crippen LogP contribution in [-0.4, -0.2) is 38.8 Å². The van der Waals surface area contributed by atoms with Crippen molar-refractivity contribution in [1.29, 1.82) is 0 Å². The Hall–Kier alpha value is -0.0400. The molecule has 0 spiro atoms. The van der Waals surface area contributed by atoms with Crippen LogP contribution in [0.2, 0.25) is 0 Å². The molecule has 104 valence electrons. The Labute approximate surface area is 123 Å². The van der Waals surface area contributed by atoms with Gasteiger partial charge in [-0.05, 0) is 19.3 Å². The van der Waals surface area contributed by atoms with Crippen molar-refractivity contribution >= 4 is 29.9 Å². The van der Waals surface area contributed by atoms with Crippen LogP contribution in [0.25, 0.3) is 0 Å². The Balaban J connectivity index is 0. The van der Waals surface area contributed by atoms with Gasteiger partial charge in [-0.25, -0.2) is 0 Å². The minimum absolute atomic E-state index is 0. The molecule has 0 aromatic heterocycles. The second-order valence-electron chi connectivity index (χ2n) is 4.84. The fourth-order valence-electron chi connectivity index (χ4n) is 1.39. The Bertz CT molecular complexity index is 206. The molecule has 4 nitrogen and oxygen atoms in total. The summed E-state index contributed by atoms with van der Waals surface area (Å²) in [5.74, 6) is 0.858. The molecule has 0 aliphatic rings. The summed E-state index contributed by atoms with van der Waals surface area (Å²) in [7, 11) is 1.74. The van der Waals surface area contributed by atoms with Crippen LogP contribution in [0.5, 0.6) is 0 Å². The Morgan fingerprint density at radius 2 is 1.65 bits per heavy atom. The van der Waals surface area contributed by atoms with Gasteiger partial charge in [0.15, 0.2) is 5.96 Å². The average Bonchev–Trinajstić information content (AvgIpc) is 2.17. The number of hydrogen-bond donors (Lipinski definition) is 2. The third kappa shape index (κ3) is 8.65. The van der Waals surface area contributed by atoms with Gasteiger partial charge in [0, 0.05) is 20.2 Å². The number of nitrogens with one attached hydrogen (secondary N) is 2. The minimum Gasteiger partial charge on any atom is -0.379 e. The van der Waals surface area contributed by atoms with E-state index in [4.69, 9.17) is 4.74 Å². The van der Waals surface area contributed by atoms with Gasteiger partial charge in [-0.2, -0.15) is 0 Å². The van der Waals surface area contributed by atoms with Crippen molar-refractivity contribution in [2.24, 2.45) is 10.4 Å². The summed E-state index contributed by atoms with van der Waals surface area (Å²) in [6.45, 7) is 13.0. The molecule has 0 amide bonds. The van der Waals surface area contributed by atoms with Crippen molar-refractivity contribution in [1.82, 2.24) is 10.6 Å². The molecule has 0 saturated heterocycles. The maximum atomic E-state index is 5.46. The predicted molar refractivity (Wildman–Crippen MR) is 85.3 cm³/mol. The molecule has 0 aliphatic carbocycles. The molecule has 0 rings (SSSR count). The summed E-state index contributed by atoms with van der Waals surface area (Å²) in [6, 6.07) is 0. The molecule has 0 aromatic carbocycles. The zero-order chi connectivity index (χ0) is 12.6. The van der Waals surface area contributed by atoms with Crippen LogP contribution in [0.1, 0.15) is 34.6 Å². The highest BCUT2D eigenvalue weighted by Crippen LogP contribution is 2.21. The Morgan fingerprint density at radius 1 is 1.18 bits per heavy atom. The summed E-state index contributed by atoms with van der Waals surface area (Å²) in [6.07, 6.45) is 0.139. The van der Waals surface area contributed by atoms with E-state index in [1.54, 1.807) is 7.11 Å². The van der Waals surface area contributed by atoms with Crippen LogP contribution >= 0.6 is 24.0 Å². The van der Waals surface area contributed by atoms with Crippen LogP contribution in [0.15, 0.2) is 4.99 Å². The van der Waals surface area contributed by atoms with E-state index in [2.05, 4.69) is 50.2 Å². The van der Waals surface area contributed by atoms with Gasteiger partial charge in [0.25, 0.3) is 0 Å². The van der Waals surface area contributed by atoms with E-state index in [1.807, 2.05) is 0 Å². The van der Waals surface area contributed by atoms with Gasteiger partial charge in [-0.15, -0.1) is 24.0 Å². The van der Waals surface area contributed by atoms with Crippen LogP contribution in [0, 0.1) is 5.41 Å². The molecular formula is C12H28IN3O. The highest BCUT2D eigenvalue weighted by atomic mass is 127. The maximum Gasteiger partial charge on any atom is 0.191 e. The van der Waals surface area contributed by atoms with Crippen LogP contribution in [0.4, 0.5) is 0 Å². The maximum absolute atomic E-state index is 5.46. The molecule has 0 aromatic rings. The number of methoxy groups -OCH3 is 1. The lowest BCUT2D eigenvalue weighted by molar-refractivity contribution is 0.0241. The van der Waals surface area contributed by atoms with Crippen molar-refractivity contribution in [3.63, 3.8) is 0 Å². The van der Waals surface area contributed by atoms with Crippen molar-refractivity contribution in [3.05, 3.63) is 0 Å². The Morgan fingerprint density at radius 3 is 1.94 bits per heavy atom. The summed E-state index contributed by atoms with van der Waals surface area (Å²) < 4.78 is 5.46. The summed E-state index contributed by atoms with van der Waals surface area (Å²) in [5.41, 5.74) is 0.113. The lowest BCUT2D eigenvalue weighted by atomic mass is 9.89. The number of ether oxygens (including phenoxy) is 1. The zero-order valence-electron chi connectivity index (χ0n) is 12.0. The third-order valence-electron chi connectivity index (χ3n) is 2.35. The van der Waals surface area contributed by atoms with Crippen molar-refractivity contribution < 1.29 is 4.74 Å². The molecular weight excluding hydrogens is 329 g/mol. The van der Waals surface area contributed by atoms with E-state index < -0.39 is 0 Å². The molecule has 0 bridgehead atoms. The molecule has 1 atom stereocenters. The highest BCUT2D eigenvalue weighted by Gasteiger charge is 2.23. The molecule has 0 radical (unpaired) electrons. The molecule has 0 saturated carbocycles. The summed E-state index contributed by atoms with van der Waals surface area (Å²) in [4.78, 5) is 4.51. The van der Waals surface area contributed by atoms with E-state index in [0.717, 1.165) is 19.0 Å². The molecule has 0 fully saturated rings. The summed E-state index contributed by atoms with van der Waals surface area (Å²) >= 11 is 0. The lowest BCUT2D eigenvalue weighted by Crippen LogP contribution is -2.39. The van der Waals surface area contributed by atoms with Gasteiger partial charge in [0.1, 0.15) is 0 Å². The molecule has 2 N–H and O–H groups in total. The topological polar surface area (TPSA) is 45.7 Å². The molecule has 0 heterocycles. The molecule has 17 heavy (non-hydrogen) atoms. The van der Waals surface area contributed by atoms with Crippen molar-refractivity contribution in [3.8, 4) is 0 Å². The van der Waals surface area contributed by atoms with Gasteiger partial charge in [-0.3, -0.25) is 4.99 Å². The number of hydrogen-bond acceptors (Lipinski definition) is 2. The van der Waals surface area contributed by atoms with Gasteiger partial charge in [0.2, 0.25) is 0 Å². The SMILES string of the molecule is CCNC(=NCC(OC)C(C)(C)C)NCC.I. The predicted octanol–water partition coefficient (Wildman–Crippen LogP) is 2.24. The Kier molecular flexibility index (Phi) is 11.3. The van der Waals surface area contributed by atoms with Crippen molar-refractivity contribution in [2.75, 3.05) is 26.7 Å². The zero-order valence-corrected chi connectivity index (χ0v) is 14.3. The van der Waals surface area contributed by atoms with Crippen molar-refractivity contribution in [2.45, 2.75) is 40.7 Å². The van der Waals surface area contributed by atoms with Crippen LogP contribution < -0.4 is 10.6 Å². The van der Waals surface area contributed by atoms with E-state index in [-0.39, 0.29) is 35.5 Å². The first-order chi connectivity index (χ1) is 7.45. The van der Waals surface area contributed by atoms with Gasteiger partial charge in [-0.1, -0.05) is 20.8 Å². The monoisotopic (exact) mass is 357 g/mol. The second kappa shape index (κ2) is 9.94. The number of halogens is 1. The second-order valence-corrected chi connectivity index (χ2v) is 4.84. The number of aliphatic imine (C=N–C) groups is 1. The first kappa shape index (κ1) is 19.3. The molecule has 0 aliphatic heterocycles. The molecule has 1 unspecified atom stereocenters. The molecule has 5 heteroatoms. The lowest BCUT2D eigenvalue weighted by Gasteiger charge is -2.28. The van der Waals surface area contributed by atoms with Gasteiger partial charge >= 0.3 is 0 Å². The van der Waals surface area contributed by atoms with E-state index >= 15 is 0 Å². The smallest absolute Gasteiger partial charge is 0.191 e. The van der Waals surface area contributed by atoms with E-state index in [0.29, 0.717) is 6.54 Å². The van der Waals surface area contributed by atoms with E-state index in [1.165, 1.54) is 0 Å². The van der Waals surface area contributed by atoms with E-state index in [9.17, 15) is 0 Å². The quantitative estimate of drug-likeness (QED) is 0.451. The minimum atomic E-state index is 0. The first-order valence-corrected chi connectivity index (χ1v) is 6.00. The fourth-order valence-corrected chi connectivity index (χ4v) is 1.39. The standard InChI is InChI=1S/C12H27N3O.HI/c1-7-13-11(14-8-2)15-9-10(16-6)12(3,4)5;/h10H,7-9H2,1-6H3,(H2,13,14,15);1H. The average molecular weight is 357 g/mol. The number of nitrogens with zero attached hydrogens (tertiary/aromatic N) is 1. The first-order valence-electron chi connectivity index (χ1n) is 6.00. The van der Waals surface area contributed by atoms with Crippen LogP contribution in [-0.2, 0) is 4.74 Å². The summed E-state index contributed by atoms with van der Waals surface area (Å²) in [5, 5.41) is 6.40. The van der Waals surface area contributed by atoms with Gasteiger partial charge in [0.05, 0.1) is 12.6 Å². The fraction of sp³-hybridized carbons (Fsp3) is 0.917. The largest absolute Gasteiger partial charge is 0.379 e. The number of rotatable bonds is 5. The highest BCUT2D eigenvalue weighted by molar-refractivity contribution is 14.0. The number of guanidine groups is 1. The van der Waals surface area contributed by atoms with Crippen LogP contribution in [0.3, 0.4) is 0 Å². The third-order valence-corrected chi connectivity index (χ3v) is 2.35. The van der Waals surface area contributed by atoms with Gasteiger partial charge < -0.3 is 15.4 Å².